The normalized spacial score (nSPS) is 12.6. The highest BCUT2D eigenvalue weighted by Crippen LogP contribution is 2.20. The van der Waals surface area contributed by atoms with Crippen molar-refractivity contribution in [1.29, 1.82) is 0 Å². The Labute approximate surface area is 568 Å². The van der Waals surface area contributed by atoms with Gasteiger partial charge in [-0.2, -0.15) is 0 Å². The van der Waals surface area contributed by atoms with Gasteiger partial charge in [-0.15, -0.1) is 0 Å². The Morgan fingerprint density at radius 2 is 0.473 bits per heavy atom. The molecule has 1 unspecified atom stereocenters. The number of aliphatic hydroxyl groups is 1. The highest BCUT2D eigenvalue weighted by molar-refractivity contribution is 5.70. The fourth-order valence-electron chi connectivity index (χ4n) is 12.4. The lowest BCUT2D eigenvalue weighted by atomic mass is 10.0. The maximum Gasteiger partial charge on any atom is 0.306 e. The van der Waals surface area contributed by atoms with Crippen LogP contribution in [0.2, 0.25) is 0 Å². The Balaban J connectivity index is 3.40. The van der Waals surface area contributed by atoms with Crippen LogP contribution in [0.25, 0.3) is 0 Å². The van der Waals surface area contributed by atoms with E-state index in [0.29, 0.717) is 12.8 Å². The maximum absolute atomic E-state index is 12.4. The van der Waals surface area contributed by atoms with Gasteiger partial charge in [-0.1, -0.05) is 433 Å². The second-order valence-corrected chi connectivity index (χ2v) is 27.5. The molecule has 1 atom stereocenters. The van der Waals surface area contributed by atoms with Crippen molar-refractivity contribution >= 4 is 11.9 Å². The molecule has 0 radical (unpaired) electrons. The molecule has 91 heavy (non-hydrogen) atoms. The van der Waals surface area contributed by atoms with Crippen molar-refractivity contribution in [2.24, 2.45) is 0 Å². The number of carbonyl (C=O) groups excluding carboxylic acids is 2. The molecule has 530 valence electrons. The fraction of sp³-hybridized carbons (Fsp3) is 0.814. The fourth-order valence-corrected chi connectivity index (χ4v) is 12.4. The van der Waals surface area contributed by atoms with Crippen LogP contribution < -0.4 is 0 Å². The monoisotopic (exact) mass is 1270 g/mol. The second-order valence-electron chi connectivity index (χ2n) is 27.5. The highest BCUT2D eigenvalue weighted by atomic mass is 16.6. The predicted molar refractivity (Wildman–Crippen MR) is 403 cm³/mol. The van der Waals surface area contributed by atoms with E-state index < -0.39 is 6.10 Å². The van der Waals surface area contributed by atoms with Crippen molar-refractivity contribution in [3.8, 4) is 0 Å². The van der Waals surface area contributed by atoms with Gasteiger partial charge in [-0.05, 0) is 70.6 Å². The molecular formula is C86H156O5. The van der Waals surface area contributed by atoms with Crippen LogP contribution in [0.4, 0.5) is 0 Å². The van der Waals surface area contributed by atoms with Gasteiger partial charge in [-0.3, -0.25) is 9.59 Å². The molecule has 5 heteroatoms. The molecule has 0 aliphatic carbocycles. The summed E-state index contributed by atoms with van der Waals surface area (Å²) in [6, 6.07) is 0. The molecular weight excluding hydrogens is 1110 g/mol. The minimum Gasteiger partial charge on any atom is -0.462 e. The Kier molecular flexibility index (Phi) is 78.7. The van der Waals surface area contributed by atoms with Crippen LogP contribution >= 0.6 is 0 Å². The molecule has 0 amide bonds. The van der Waals surface area contributed by atoms with E-state index in [-0.39, 0.29) is 25.2 Å². The van der Waals surface area contributed by atoms with Crippen LogP contribution in [-0.2, 0) is 19.1 Å². The van der Waals surface area contributed by atoms with Crippen molar-refractivity contribution < 1.29 is 24.2 Å². The average molecular weight is 1270 g/mol. The molecule has 0 saturated carbocycles. The minimum atomic E-state index is -0.775. The first-order valence-corrected chi connectivity index (χ1v) is 40.6. The third-order valence-corrected chi connectivity index (χ3v) is 18.5. The van der Waals surface area contributed by atoms with Crippen LogP contribution in [0.5, 0.6) is 0 Å². The molecule has 0 fully saturated rings. The van der Waals surface area contributed by atoms with Crippen molar-refractivity contribution in [1.82, 2.24) is 0 Å². The number of hydrogen-bond donors (Lipinski definition) is 1. The summed E-state index contributed by atoms with van der Waals surface area (Å²) in [4.78, 5) is 24.7. The summed E-state index contributed by atoms with van der Waals surface area (Å²) >= 11 is 0. The zero-order chi connectivity index (χ0) is 65.4. The second kappa shape index (κ2) is 81.3. The van der Waals surface area contributed by atoms with E-state index in [1.807, 2.05) is 0 Å². The summed E-state index contributed by atoms with van der Waals surface area (Å²) in [5, 5.41) is 9.73. The molecule has 0 saturated heterocycles. The van der Waals surface area contributed by atoms with E-state index in [2.05, 4.69) is 98.9 Å². The molecule has 0 heterocycles. The Morgan fingerprint density at radius 1 is 0.264 bits per heavy atom. The third-order valence-electron chi connectivity index (χ3n) is 18.5. The zero-order valence-corrected chi connectivity index (χ0v) is 61.1. The van der Waals surface area contributed by atoms with Crippen molar-refractivity contribution in [2.75, 3.05) is 13.2 Å². The molecule has 0 aliphatic heterocycles. The first-order valence-electron chi connectivity index (χ1n) is 40.6. The maximum atomic E-state index is 12.4. The van der Waals surface area contributed by atoms with E-state index >= 15 is 0 Å². The third kappa shape index (κ3) is 79.4. The topological polar surface area (TPSA) is 72.8 Å². The quantitative estimate of drug-likeness (QED) is 0.0373. The van der Waals surface area contributed by atoms with Crippen molar-refractivity contribution in [3.63, 3.8) is 0 Å². The number of unbranched alkanes of at least 4 members (excludes halogenated alkanes) is 54. The standard InChI is InChI=1S/C86H156O5/c1-3-5-7-9-11-13-15-17-19-21-23-25-27-29-31-33-35-37-39-41-42-43-45-46-48-50-52-54-56-58-60-62-64-66-68-70-72-74-76-78-80-85(88)90-83-84(82-87)91-86(89)81-79-77-75-73-71-69-67-65-63-61-59-57-55-53-51-49-47-44-40-38-36-34-32-30-28-26-24-22-20-18-16-14-12-10-8-6-4-2/h6,8,12,14,18,20,24,26,30,32,36,38,44,47,84,87H,3-5,7,9-11,13,15-17,19,21-23,25,27-29,31,33-35,37,39-43,45-46,48-83H2,1-2H3/b8-6-,14-12-,20-18-,26-24-,32-30-,38-36-,47-44-. The lowest BCUT2D eigenvalue weighted by Crippen LogP contribution is -2.28. The molecule has 0 spiro atoms. The smallest absolute Gasteiger partial charge is 0.306 e. The summed E-state index contributed by atoms with van der Waals surface area (Å²) in [7, 11) is 0. The number of aliphatic hydroxyl groups excluding tert-OH is 1. The molecule has 0 aliphatic rings. The lowest BCUT2D eigenvalue weighted by molar-refractivity contribution is -0.161. The summed E-state index contributed by atoms with van der Waals surface area (Å²) in [6.45, 7) is 4.08. The first-order chi connectivity index (χ1) is 45.1. The number of hydrogen-bond acceptors (Lipinski definition) is 5. The summed E-state index contributed by atoms with van der Waals surface area (Å²) in [6.07, 6.45) is 115. The van der Waals surface area contributed by atoms with Gasteiger partial charge in [0.15, 0.2) is 6.10 Å². The predicted octanol–water partition coefficient (Wildman–Crippen LogP) is 28.7. The van der Waals surface area contributed by atoms with Crippen LogP contribution in [0.3, 0.4) is 0 Å². The lowest BCUT2D eigenvalue weighted by Gasteiger charge is -2.15. The number of ether oxygens (including phenoxy) is 2. The highest BCUT2D eigenvalue weighted by Gasteiger charge is 2.16. The molecule has 5 nitrogen and oxygen atoms in total. The number of rotatable bonds is 76. The van der Waals surface area contributed by atoms with Crippen LogP contribution in [0, 0.1) is 0 Å². The van der Waals surface area contributed by atoms with Crippen LogP contribution in [0.15, 0.2) is 85.1 Å². The Hall–Kier alpha value is -2.92. The Bertz CT molecular complexity index is 1630. The molecule has 0 rings (SSSR count). The van der Waals surface area contributed by atoms with Gasteiger partial charge in [0, 0.05) is 12.8 Å². The van der Waals surface area contributed by atoms with Crippen LogP contribution in [0.1, 0.15) is 431 Å². The number of esters is 2. The van der Waals surface area contributed by atoms with E-state index in [1.165, 1.54) is 321 Å². The van der Waals surface area contributed by atoms with Gasteiger partial charge in [0.05, 0.1) is 6.61 Å². The SMILES string of the molecule is CC/C=C\C/C=C\C/C=C\C/C=C\C/C=C\C/C=C\C/C=C\CCCCCCCCCCCCCCCCCC(=O)OC(CO)COC(=O)CCCCCCCCCCCCCCCCCCCCCCCCCCCCCCCCCCCCCCCCCC. The van der Waals surface area contributed by atoms with Crippen LogP contribution in [-0.4, -0.2) is 36.4 Å². The van der Waals surface area contributed by atoms with Gasteiger partial charge in [0.1, 0.15) is 6.61 Å². The van der Waals surface area contributed by atoms with E-state index in [4.69, 9.17) is 9.47 Å². The van der Waals surface area contributed by atoms with Gasteiger partial charge >= 0.3 is 11.9 Å². The molecule has 0 aromatic heterocycles. The van der Waals surface area contributed by atoms with Gasteiger partial charge < -0.3 is 14.6 Å². The van der Waals surface area contributed by atoms with Crippen molar-refractivity contribution in [2.45, 2.75) is 437 Å². The summed E-state index contributed by atoms with van der Waals surface area (Å²) in [5.74, 6) is -0.571. The van der Waals surface area contributed by atoms with E-state index in [1.54, 1.807) is 0 Å². The summed E-state index contributed by atoms with van der Waals surface area (Å²) < 4.78 is 10.8. The molecule has 0 bridgehead atoms. The largest absolute Gasteiger partial charge is 0.462 e. The van der Waals surface area contributed by atoms with E-state index in [9.17, 15) is 14.7 Å². The zero-order valence-electron chi connectivity index (χ0n) is 61.1. The molecule has 0 aromatic rings. The summed E-state index contributed by atoms with van der Waals surface area (Å²) in [5.41, 5.74) is 0. The Morgan fingerprint density at radius 3 is 0.714 bits per heavy atom. The van der Waals surface area contributed by atoms with Gasteiger partial charge in [0.25, 0.3) is 0 Å². The molecule has 1 N–H and O–H groups in total. The van der Waals surface area contributed by atoms with Crippen molar-refractivity contribution in [3.05, 3.63) is 85.1 Å². The first kappa shape index (κ1) is 88.1. The minimum absolute atomic E-state index is 0.0629. The number of carbonyl (C=O) groups is 2. The van der Waals surface area contributed by atoms with Gasteiger partial charge in [-0.25, -0.2) is 0 Å². The van der Waals surface area contributed by atoms with Gasteiger partial charge in [0.2, 0.25) is 0 Å². The molecule has 0 aromatic carbocycles. The number of allylic oxidation sites excluding steroid dienone is 14. The van der Waals surface area contributed by atoms with E-state index in [0.717, 1.165) is 83.5 Å². The average Bonchev–Trinajstić information content (AvgIpc) is 3.69.